The molecule has 0 atom stereocenters. The molecule has 1 rings (SSSR count). The molecule has 0 radical (unpaired) electrons. The van der Waals surface area contributed by atoms with Gasteiger partial charge in [-0.3, -0.25) is 9.78 Å². The first-order valence-electron chi connectivity index (χ1n) is 5.71. The number of hydrogen-bond acceptors (Lipinski definition) is 3. The third kappa shape index (κ3) is 3.82. The maximum Gasteiger partial charge on any atom is 0.252 e. The van der Waals surface area contributed by atoms with Crippen LogP contribution in [0.2, 0.25) is 0 Å². The monoisotopic (exact) mass is 235 g/mol. The number of nitrogens with zero attached hydrogens (tertiary/aromatic N) is 2. The molecule has 0 saturated carbocycles. The van der Waals surface area contributed by atoms with Crippen molar-refractivity contribution >= 4 is 5.91 Å². The highest BCUT2D eigenvalue weighted by Gasteiger charge is 2.21. The van der Waals surface area contributed by atoms with Crippen molar-refractivity contribution in [3.05, 3.63) is 29.6 Å². The lowest BCUT2D eigenvalue weighted by molar-refractivity contribution is 0.0919. The first-order chi connectivity index (χ1) is 7.83. The van der Waals surface area contributed by atoms with E-state index < -0.39 is 0 Å². The van der Waals surface area contributed by atoms with Crippen molar-refractivity contribution in [2.75, 3.05) is 20.6 Å². The Morgan fingerprint density at radius 3 is 2.53 bits per heavy atom. The molecule has 1 amide bonds. The molecule has 0 spiro atoms. The van der Waals surface area contributed by atoms with E-state index in [0.717, 1.165) is 5.69 Å². The fourth-order valence-corrected chi connectivity index (χ4v) is 1.16. The lowest BCUT2D eigenvalue weighted by Gasteiger charge is -2.32. The maximum absolute atomic E-state index is 11.9. The highest BCUT2D eigenvalue weighted by atomic mass is 16.1. The second-order valence-corrected chi connectivity index (χ2v) is 5.08. The molecule has 4 heteroatoms. The van der Waals surface area contributed by atoms with Crippen molar-refractivity contribution in [1.29, 1.82) is 0 Å². The number of hydrogen-bond donors (Lipinski definition) is 1. The van der Waals surface area contributed by atoms with Gasteiger partial charge in [-0.05, 0) is 47.0 Å². The van der Waals surface area contributed by atoms with Gasteiger partial charge < -0.3 is 10.2 Å². The molecule has 0 saturated heterocycles. The number of rotatable bonds is 4. The molecule has 1 aromatic heterocycles. The van der Waals surface area contributed by atoms with Crippen molar-refractivity contribution in [2.24, 2.45) is 0 Å². The zero-order valence-corrected chi connectivity index (χ0v) is 11.2. The van der Waals surface area contributed by atoms with E-state index in [0.29, 0.717) is 12.1 Å². The van der Waals surface area contributed by atoms with Crippen LogP contribution in [-0.4, -0.2) is 42.0 Å². The minimum atomic E-state index is -0.0765. The Morgan fingerprint density at radius 1 is 1.41 bits per heavy atom. The molecular weight excluding hydrogens is 214 g/mol. The normalized spacial score (nSPS) is 11.6. The third-order valence-corrected chi connectivity index (χ3v) is 3.07. The van der Waals surface area contributed by atoms with Gasteiger partial charge in [0.2, 0.25) is 0 Å². The predicted octanol–water partition coefficient (Wildman–Crippen LogP) is 1.46. The van der Waals surface area contributed by atoms with Gasteiger partial charge in [0.1, 0.15) is 0 Å². The largest absolute Gasteiger partial charge is 0.350 e. The number of pyridine rings is 1. The van der Waals surface area contributed by atoms with E-state index in [2.05, 4.69) is 29.0 Å². The first kappa shape index (κ1) is 13.6. The fourth-order valence-electron chi connectivity index (χ4n) is 1.16. The van der Waals surface area contributed by atoms with E-state index >= 15 is 0 Å². The number of likely N-dealkylation sites (N-methyl/N-ethyl adjacent to an activating group) is 1. The first-order valence-corrected chi connectivity index (χ1v) is 5.71. The summed E-state index contributed by atoms with van der Waals surface area (Å²) in [5, 5.41) is 2.92. The Bertz CT molecular complexity index is 382. The van der Waals surface area contributed by atoms with Gasteiger partial charge in [-0.1, -0.05) is 0 Å². The van der Waals surface area contributed by atoms with Crippen LogP contribution in [0.4, 0.5) is 0 Å². The van der Waals surface area contributed by atoms with Crippen LogP contribution in [0.15, 0.2) is 18.3 Å². The molecule has 0 aromatic carbocycles. The smallest absolute Gasteiger partial charge is 0.252 e. The SMILES string of the molecule is Cc1ccc(C(=O)NCC(C)(C)N(C)C)cn1. The van der Waals surface area contributed by atoms with E-state index in [1.807, 2.05) is 27.1 Å². The number of carbonyl (C=O) groups excluding carboxylic acids is 1. The molecule has 0 aliphatic heterocycles. The summed E-state index contributed by atoms with van der Waals surface area (Å²) in [6, 6.07) is 3.63. The lowest BCUT2D eigenvalue weighted by atomic mass is 10.0. The molecule has 0 unspecified atom stereocenters. The van der Waals surface area contributed by atoms with Gasteiger partial charge in [0, 0.05) is 24.0 Å². The van der Waals surface area contributed by atoms with E-state index in [4.69, 9.17) is 0 Å². The summed E-state index contributed by atoms with van der Waals surface area (Å²) in [5.41, 5.74) is 1.45. The number of amides is 1. The molecule has 0 fully saturated rings. The van der Waals surface area contributed by atoms with Gasteiger partial charge in [-0.2, -0.15) is 0 Å². The molecule has 0 aliphatic rings. The van der Waals surface area contributed by atoms with Gasteiger partial charge >= 0.3 is 0 Å². The number of aromatic nitrogens is 1. The van der Waals surface area contributed by atoms with Crippen LogP contribution >= 0.6 is 0 Å². The third-order valence-electron chi connectivity index (χ3n) is 3.07. The Balaban J connectivity index is 2.59. The Morgan fingerprint density at radius 2 is 2.06 bits per heavy atom. The summed E-state index contributed by atoms with van der Waals surface area (Å²) >= 11 is 0. The summed E-state index contributed by atoms with van der Waals surface area (Å²) in [7, 11) is 4.00. The molecule has 0 aliphatic carbocycles. The average Bonchev–Trinajstić information content (AvgIpc) is 2.27. The van der Waals surface area contributed by atoms with Crippen LogP contribution in [0.3, 0.4) is 0 Å². The Hall–Kier alpha value is -1.42. The van der Waals surface area contributed by atoms with E-state index in [-0.39, 0.29) is 11.4 Å². The zero-order valence-electron chi connectivity index (χ0n) is 11.2. The highest BCUT2D eigenvalue weighted by molar-refractivity contribution is 5.93. The van der Waals surface area contributed by atoms with Crippen LogP contribution in [0.25, 0.3) is 0 Å². The Labute approximate surface area is 103 Å². The van der Waals surface area contributed by atoms with Crippen LogP contribution < -0.4 is 5.32 Å². The molecule has 0 bridgehead atoms. The van der Waals surface area contributed by atoms with Crippen molar-refractivity contribution in [1.82, 2.24) is 15.2 Å². The molecule has 4 nitrogen and oxygen atoms in total. The topological polar surface area (TPSA) is 45.2 Å². The summed E-state index contributed by atoms with van der Waals surface area (Å²) in [5.74, 6) is -0.0765. The summed E-state index contributed by atoms with van der Waals surface area (Å²) in [6.07, 6.45) is 1.60. The summed E-state index contributed by atoms with van der Waals surface area (Å²) in [4.78, 5) is 18.0. The van der Waals surface area contributed by atoms with Crippen molar-refractivity contribution in [3.63, 3.8) is 0 Å². The standard InChI is InChI=1S/C13H21N3O/c1-10-6-7-11(8-14-10)12(17)15-9-13(2,3)16(4)5/h6-8H,9H2,1-5H3,(H,15,17). The highest BCUT2D eigenvalue weighted by Crippen LogP contribution is 2.08. The van der Waals surface area contributed by atoms with Crippen LogP contribution in [0, 0.1) is 6.92 Å². The number of nitrogens with one attached hydrogen (secondary N) is 1. The number of aryl methyl sites for hydroxylation is 1. The Kier molecular flexibility index (Phi) is 4.23. The average molecular weight is 235 g/mol. The van der Waals surface area contributed by atoms with Crippen LogP contribution in [-0.2, 0) is 0 Å². The predicted molar refractivity (Wildman–Crippen MR) is 69.1 cm³/mol. The molecule has 1 N–H and O–H groups in total. The van der Waals surface area contributed by atoms with E-state index in [9.17, 15) is 4.79 Å². The van der Waals surface area contributed by atoms with Crippen molar-refractivity contribution in [3.8, 4) is 0 Å². The quantitative estimate of drug-likeness (QED) is 0.859. The van der Waals surface area contributed by atoms with Crippen molar-refractivity contribution < 1.29 is 4.79 Å². The van der Waals surface area contributed by atoms with Crippen LogP contribution in [0.1, 0.15) is 29.9 Å². The van der Waals surface area contributed by atoms with Crippen LogP contribution in [0.5, 0.6) is 0 Å². The minimum absolute atomic E-state index is 0.0617. The lowest BCUT2D eigenvalue weighted by Crippen LogP contribution is -2.48. The molecule has 1 heterocycles. The zero-order chi connectivity index (χ0) is 13.1. The van der Waals surface area contributed by atoms with E-state index in [1.165, 1.54) is 0 Å². The van der Waals surface area contributed by atoms with Gasteiger partial charge in [0.15, 0.2) is 0 Å². The molecular formula is C13H21N3O. The molecule has 17 heavy (non-hydrogen) atoms. The van der Waals surface area contributed by atoms with Gasteiger partial charge in [-0.15, -0.1) is 0 Å². The summed E-state index contributed by atoms with van der Waals surface area (Å²) < 4.78 is 0. The fraction of sp³-hybridized carbons (Fsp3) is 0.538. The van der Waals surface area contributed by atoms with E-state index in [1.54, 1.807) is 12.3 Å². The second-order valence-electron chi connectivity index (χ2n) is 5.08. The molecule has 1 aromatic rings. The van der Waals surface area contributed by atoms with Crippen molar-refractivity contribution in [2.45, 2.75) is 26.3 Å². The minimum Gasteiger partial charge on any atom is -0.350 e. The maximum atomic E-state index is 11.9. The summed E-state index contributed by atoms with van der Waals surface area (Å²) in [6.45, 7) is 6.67. The van der Waals surface area contributed by atoms with Gasteiger partial charge in [0.05, 0.1) is 5.56 Å². The second kappa shape index (κ2) is 5.27. The number of carbonyl (C=O) groups is 1. The van der Waals surface area contributed by atoms with Gasteiger partial charge in [-0.25, -0.2) is 0 Å². The molecule has 94 valence electrons. The van der Waals surface area contributed by atoms with Gasteiger partial charge in [0.25, 0.3) is 5.91 Å².